The van der Waals surface area contributed by atoms with Crippen molar-refractivity contribution in [3.05, 3.63) is 76.3 Å². The molecule has 3 aromatic rings. The molecule has 200 valence electrons. The van der Waals surface area contributed by atoms with E-state index in [0.717, 1.165) is 12.1 Å². The van der Waals surface area contributed by atoms with E-state index in [9.17, 15) is 33.0 Å². The molecule has 0 spiro atoms. The molecule has 2 unspecified atom stereocenters. The predicted octanol–water partition coefficient (Wildman–Crippen LogP) is 5.62. The van der Waals surface area contributed by atoms with Gasteiger partial charge in [-0.1, -0.05) is 42.8 Å². The Balaban J connectivity index is 1.76. The summed E-state index contributed by atoms with van der Waals surface area (Å²) in [5.41, 5.74) is -2.72. The number of carboxylic acids is 1. The lowest BCUT2D eigenvalue weighted by Crippen LogP contribution is -2.47. The number of carbonyl (C=O) groups excluding carboxylic acids is 1. The van der Waals surface area contributed by atoms with Crippen LogP contribution in [0.4, 0.5) is 18.9 Å². The smallest absolute Gasteiger partial charge is 0.422 e. The highest BCUT2D eigenvalue weighted by Crippen LogP contribution is 2.51. The zero-order chi connectivity index (χ0) is 28.0. The first kappa shape index (κ1) is 27.3. The van der Waals surface area contributed by atoms with Gasteiger partial charge in [-0.05, 0) is 52.6 Å². The van der Waals surface area contributed by atoms with Crippen molar-refractivity contribution in [2.45, 2.75) is 24.6 Å². The predicted molar refractivity (Wildman–Crippen MR) is 134 cm³/mol. The van der Waals surface area contributed by atoms with Gasteiger partial charge in [-0.15, -0.1) is 0 Å². The number of fused-ring (bicyclic) bond motifs is 1. The number of carbonyl (C=O) groups is 2. The normalized spacial score (nSPS) is 15.8. The number of rotatable bonds is 6. The lowest BCUT2D eigenvalue weighted by Gasteiger charge is -2.38. The zero-order valence-electron chi connectivity index (χ0n) is 20.5. The van der Waals surface area contributed by atoms with Crippen LogP contribution in [0.2, 0.25) is 5.02 Å². The van der Waals surface area contributed by atoms with E-state index in [4.69, 9.17) is 21.1 Å². The molecule has 0 bridgehead atoms. The summed E-state index contributed by atoms with van der Waals surface area (Å²) in [6, 6.07) is 12.2. The highest BCUT2D eigenvalue weighted by molar-refractivity contribution is 6.31. The van der Waals surface area contributed by atoms with Crippen LogP contribution in [0.1, 0.15) is 34.3 Å². The lowest BCUT2D eigenvalue weighted by atomic mass is 9.77. The Kier molecular flexibility index (Phi) is 7.07. The minimum absolute atomic E-state index is 0.0303. The number of ether oxygens (including phenoxy) is 2. The Labute approximate surface area is 221 Å². The number of likely N-dealkylation sites (N-methyl/N-ethyl adjacent to an activating group) is 1. The van der Waals surface area contributed by atoms with Gasteiger partial charge in [0.05, 0.1) is 12.8 Å². The number of methoxy groups -OCH3 is 1. The maximum absolute atomic E-state index is 14.5. The fourth-order valence-corrected chi connectivity index (χ4v) is 4.84. The number of hydrogen-bond acceptors (Lipinski definition) is 5. The van der Waals surface area contributed by atoms with Gasteiger partial charge < -0.3 is 24.6 Å². The summed E-state index contributed by atoms with van der Waals surface area (Å²) < 4.78 is 54.0. The van der Waals surface area contributed by atoms with E-state index >= 15 is 0 Å². The van der Waals surface area contributed by atoms with Crippen LogP contribution >= 0.6 is 11.6 Å². The van der Waals surface area contributed by atoms with Crippen LogP contribution in [-0.4, -0.2) is 49.0 Å². The fourth-order valence-electron chi connectivity index (χ4n) is 4.50. The third-order valence-corrected chi connectivity index (χ3v) is 7.10. The molecule has 0 aromatic heterocycles. The van der Waals surface area contributed by atoms with Gasteiger partial charge in [0.2, 0.25) is 0 Å². The van der Waals surface area contributed by atoms with Crippen molar-refractivity contribution < 1.29 is 42.4 Å². The Morgan fingerprint density at radius 2 is 1.76 bits per heavy atom. The fraction of sp³-hybridized carbons (Fsp3) is 0.259. The average Bonchev–Trinajstić information content (AvgIpc) is 2.88. The molecule has 1 amide bonds. The molecule has 2 N–H and O–H groups in total. The summed E-state index contributed by atoms with van der Waals surface area (Å²) in [4.78, 5) is 24.6. The van der Waals surface area contributed by atoms with Crippen LogP contribution in [0, 0.1) is 0 Å². The number of nitrogens with zero attached hydrogens (tertiary/aromatic N) is 1. The molecule has 0 aliphatic carbocycles. The minimum atomic E-state index is -5.11. The summed E-state index contributed by atoms with van der Waals surface area (Å²) >= 11 is 6.45. The van der Waals surface area contributed by atoms with Crippen molar-refractivity contribution in [3.8, 4) is 22.6 Å². The molecule has 0 radical (unpaired) electrons. The number of amides is 1. The molecule has 38 heavy (non-hydrogen) atoms. The number of anilines is 1. The van der Waals surface area contributed by atoms with E-state index in [1.54, 1.807) is 0 Å². The Bertz CT molecular complexity index is 1430. The molecule has 1 heterocycles. The van der Waals surface area contributed by atoms with Crippen molar-refractivity contribution in [2.24, 2.45) is 0 Å². The first-order valence-electron chi connectivity index (χ1n) is 11.3. The topological polar surface area (TPSA) is 96.3 Å². The van der Waals surface area contributed by atoms with E-state index in [1.165, 1.54) is 68.4 Å². The van der Waals surface area contributed by atoms with Crippen LogP contribution in [0.5, 0.6) is 11.5 Å². The van der Waals surface area contributed by atoms with Gasteiger partial charge in [0, 0.05) is 18.0 Å². The number of aromatic carboxylic acids is 1. The molecule has 1 aliphatic rings. The highest BCUT2D eigenvalue weighted by atomic mass is 35.5. The van der Waals surface area contributed by atoms with Crippen molar-refractivity contribution in [3.63, 3.8) is 0 Å². The molecule has 1 aliphatic heterocycles. The van der Waals surface area contributed by atoms with E-state index in [0.29, 0.717) is 11.1 Å². The second-order valence-electron chi connectivity index (χ2n) is 8.87. The van der Waals surface area contributed by atoms with Gasteiger partial charge >= 0.3 is 12.1 Å². The highest BCUT2D eigenvalue weighted by Gasteiger charge is 2.59. The van der Waals surface area contributed by atoms with Crippen molar-refractivity contribution in [1.29, 1.82) is 0 Å². The maximum Gasteiger partial charge on any atom is 0.422 e. The second kappa shape index (κ2) is 9.85. The van der Waals surface area contributed by atoms with Crippen LogP contribution in [0.15, 0.2) is 54.6 Å². The molecule has 11 heteroatoms. The molecule has 0 fully saturated rings. The number of hydrogen-bond donors (Lipinski definition) is 2. The standard InChI is InChI=1S/C27H23ClF3NO6/c1-14(18-7-4-15(10-20(18)28)16-5-8-19(25(34)35)23(11-16)37-3)26(36,27(29,30)31)17-6-9-22-21(12-17)32(2)24(33)13-38-22/h4-12,14,36H,13H2,1-3H3,(H,34,35). The molecule has 2 atom stereocenters. The summed E-state index contributed by atoms with van der Waals surface area (Å²) in [7, 11) is 2.74. The van der Waals surface area contributed by atoms with Crippen molar-refractivity contribution in [2.75, 3.05) is 25.7 Å². The molecule has 0 saturated heterocycles. The molecular formula is C27H23ClF3NO6. The Morgan fingerprint density at radius 3 is 2.37 bits per heavy atom. The Hall–Kier alpha value is -3.76. The number of aliphatic hydroxyl groups is 1. The minimum Gasteiger partial charge on any atom is -0.496 e. The first-order chi connectivity index (χ1) is 17.8. The quantitative estimate of drug-likeness (QED) is 0.414. The average molecular weight is 550 g/mol. The largest absolute Gasteiger partial charge is 0.496 e. The summed E-state index contributed by atoms with van der Waals surface area (Å²) in [5, 5.41) is 20.5. The third-order valence-electron chi connectivity index (χ3n) is 6.78. The van der Waals surface area contributed by atoms with Crippen LogP contribution in [0.3, 0.4) is 0 Å². The van der Waals surface area contributed by atoms with E-state index < -0.39 is 35.1 Å². The Morgan fingerprint density at radius 1 is 1.11 bits per heavy atom. The first-order valence-corrected chi connectivity index (χ1v) is 11.7. The zero-order valence-corrected chi connectivity index (χ0v) is 21.2. The van der Waals surface area contributed by atoms with E-state index in [1.807, 2.05) is 0 Å². The van der Waals surface area contributed by atoms with Crippen molar-refractivity contribution in [1.82, 2.24) is 0 Å². The molecule has 3 aromatic carbocycles. The van der Waals surface area contributed by atoms with E-state index in [-0.39, 0.29) is 39.9 Å². The van der Waals surface area contributed by atoms with Gasteiger partial charge in [-0.2, -0.15) is 13.2 Å². The van der Waals surface area contributed by atoms with Gasteiger partial charge in [0.1, 0.15) is 17.1 Å². The SMILES string of the molecule is COc1cc(-c2ccc(C(C)C(O)(c3ccc4c(c3)N(C)C(=O)CO4)C(F)(F)F)c(Cl)c2)ccc1C(=O)O. The summed E-state index contributed by atoms with van der Waals surface area (Å²) in [6.45, 7) is 0.972. The van der Waals surface area contributed by atoms with Crippen molar-refractivity contribution >= 4 is 29.2 Å². The third kappa shape index (κ3) is 4.54. The maximum atomic E-state index is 14.5. The number of benzene rings is 3. The van der Waals surface area contributed by atoms with Gasteiger partial charge in [0.25, 0.3) is 5.91 Å². The number of carboxylic acid groups (broad SMARTS) is 1. The molecule has 7 nitrogen and oxygen atoms in total. The summed E-state index contributed by atoms with van der Waals surface area (Å²) in [6.07, 6.45) is -5.11. The number of alkyl halides is 3. The molecule has 0 saturated carbocycles. The van der Waals surface area contributed by atoms with Gasteiger partial charge in [0.15, 0.2) is 12.2 Å². The number of halogens is 4. The van der Waals surface area contributed by atoms with Gasteiger partial charge in [-0.3, -0.25) is 4.79 Å². The summed E-state index contributed by atoms with van der Waals surface area (Å²) in [5.74, 6) is -2.85. The molecular weight excluding hydrogens is 527 g/mol. The monoisotopic (exact) mass is 549 g/mol. The second-order valence-corrected chi connectivity index (χ2v) is 9.27. The lowest BCUT2D eigenvalue weighted by molar-refractivity contribution is -0.274. The van der Waals surface area contributed by atoms with Crippen LogP contribution in [0.25, 0.3) is 11.1 Å². The van der Waals surface area contributed by atoms with Crippen LogP contribution in [-0.2, 0) is 10.4 Å². The molecule has 4 rings (SSSR count). The van der Waals surface area contributed by atoms with Gasteiger partial charge in [-0.25, -0.2) is 4.79 Å². The van der Waals surface area contributed by atoms with E-state index in [2.05, 4.69) is 0 Å². The van der Waals surface area contributed by atoms with Crippen LogP contribution < -0.4 is 14.4 Å².